The number of hydrogen-bond acceptors (Lipinski definition) is 9. The molecule has 0 saturated carbocycles. The van der Waals surface area contributed by atoms with Crippen molar-refractivity contribution in [3.8, 4) is 0 Å². The van der Waals surface area contributed by atoms with Gasteiger partial charge in [0.2, 0.25) is 23.6 Å². The third kappa shape index (κ3) is 11.2. The Bertz CT molecular complexity index is 989. The molecule has 0 aromatic heterocycles. The summed E-state index contributed by atoms with van der Waals surface area (Å²) in [5.41, 5.74) is 22.9. The minimum Gasteiger partial charge on any atom is -0.478 e. The fourth-order valence-corrected chi connectivity index (χ4v) is 4.52. The van der Waals surface area contributed by atoms with E-state index in [0.717, 1.165) is 5.56 Å². The quantitative estimate of drug-likeness (QED) is 0.188. The second-order valence-corrected chi connectivity index (χ2v) is 9.48. The SMILES string of the molecule is NC(=O)CN1CCN(CC(N)=O)CCN(CC(N)=O)C(Cc2ccc(C(=O)O)cc2)CN(CC(N)=O)CC1. The van der Waals surface area contributed by atoms with Crippen molar-refractivity contribution in [1.29, 1.82) is 0 Å². The van der Waals surface area contributed by atoms with Gasteiger partial charge >= 0.3 is 5.97 Å². The van der Waals surface area contributed by atoms with Crippen molar-refractivity contribution < 1.29 is 29.1 Å². The van der Waals surface area contributed by atoms with Gasteiger partial charge in [-0.2, -0.15) is 0 Å². The summed E-state index contributed by atoms with van der Waals surface area (Å²) in [4.78, 5) is 65.9. The van der Waals surface area contributed by atoms with E-state index in [1.54, 1.807) is 12.1 Å². The van der Waals surface area contributed by atoms with E-state index < -0.39 is 29.6 Å². The van der Waals surface area contributed by atoms with Gasteiger partial charge in [-0.05, 0) is 24.1 Å². The van der Waals surface area contributed by atoms with Crippen molar-refractivity contribution in [1.82, 2.24) is 19.6 Å². The molecule has 14 nitrogen and oxygen atoms in total. The van der Waals surface area contributed by atoms with Gasteiger partial charge in [0.1, 0.15) is 0 Å². The zero-order valence-electron chi connectivity index (χ0n) is 21.5. The molecule has 1 unspecified atom stereocenters. The summed E-state index contributed by atoms with van der Waals surface area (Å²) in [6.45, 7) is 2.56. The molecule has 1 aromatic carbocycles. The van der Waals surface area contributed by atoms with Crippen molar-refractivity contribution in [3.63, 3.8) is 0 Å². The summed E-state index contributed by atoms with van der Waals surface area (Å²) in [5.74, 6) is -3.13. The zero-order valence-corrected chi connectivity index (χ0v) is 21.5. The van der Waals surface area contributed by atoms with E-state index in [9.17, 15) is 29.1 Å². The van der Waals surface area contributed by atoms with Gasteiger partial charge in [0.15, 0.2) is 0 Å². The Morgan fingerprint density at radius 2 is 1.08 bits per heavy atom. The summed E-state index contributed by atoms with van der Waals surface area (Å²) >= 11 is 0. The van der Waals surface area contributed by atoms with E-state index in [0.29, 0.717) is 52.2 Å². The van der Waals surface area contributed by atoms with Crippen molar-refractivity contribution >= 4 is 29.6 Å². The number of hydrogen-bond donors (Lipinski definition) is 5. The number of rotatable bonds is 11. The lowest BCUT2D eigenvalue weighted by Gasteiger charge is -2.38. The fourth-order valence-electron chi connectivity index (χ4n) is 4.52. The van der Waals surface area contributed by atoms with Gasteiger partial charge in [0.05, 0.1) is 31.7 Å². The summed E-state index contributed by atoms with van der Waals surface area (Å²) in [5, 5.41) is 9.22. The Morgan fingerprint density at radius 3 is 1.53 bits per heavy atom. The van der Waals surface area contributed by atoms with Crippen molar-refractivity contribution in [2.24, 2.45) is 22.9 Å². The maximum absolute atomic E-state index is 12.0. The maximum atomic E-state index is 12.0. The van der Waals surface area contributed by atoms with Crippen molar-refractivity contribution in [2.75, 3.05) is 72.0 Å². The molecule has 14 heteroatoms. The lowest BCUT2D eigenvalue weighted by Crippen LogP contribution is -2.54. The Kier molecular flexibility index (Phi) is 12.1. The number of primary amides is 4. The van der Waals surface area contributed by atoms with Gasteiger partial charge in [0, 0.05) is 51.9 Å². The van der Waals surface area contributed by atoms with E-state index in [2.05, 4.69) is 0 Å². The van der Waals surface area contributed by atoms with E-state index in [4.69, 9.17) is 22.9 Å². The van der Waals surface area contributed by atoms with Gasteiger partial charge in [-0.15, -0.1) is 0 Å². The van der Waals surface area contributed by atoms with E-state index in [-0.39, 0.29) is 37.8 Å². The molecule has 0 bridgehead atoms. The Morgan fingerprint density at radius 1 is 0.658 bits per heavy atom. The summed E-state index contributed by atoms with van der Waals surface area (Å²) in [7, 11) is 0. The van der Waals surface area contributed by atoms with Crippen LogP contribution in [0.5, 0.6) is 0 Å². The molecule has 1 aliphatic rings. The predicted molar refractivity (Wildman–Crippen MR) is 139 cm³/mol. The average molecular weight is 535 g/mol. The van der Waals surface area contributed by atoms with Crippen LogP contribution in [-0.4, -0.2) is 132 Å². The van der Waals surface area contributed by atoms with Gasteiger partial charge in [-0.1, -0.05) is 12.1 Å². The number of amides is 4. The second kappa shape index (κ2) is 15.0. The first-order valence-corrected chi connectivity index (χ1v) is 12.3. The average Bonchev–Trinajstić information content (AvgIpc) is 2.80. The highest BCUT2D eigenvalue weighted by Gasteiger charge is 2.26. The standard InChI is InChI=1S/C24H38N8O6/c25-20(33)13-29-5-6-30(14-21(26)34)9-10-32(16-23(28)36)19(12-31(8-7-29)15-22(27)35)11-17-1-3-18(4-2-17)24(37)38/h1-4,19H,5-16H2,(H2,25,33)(H2,26,34)(H2,27,35)(H2,28,36)(H,37,38). The minimum atomic E-state index is -1.04. The van der Waals surface area contributed by atoms with E-state index in [1.807, 2.05) is 19.6 Å². The first-order valence-electron chi connectivity index (χ1n) is 12.3. The molecule has 0 spiro atoms. The summed E-state index contributed by atoms with van der Waals surface area (Å²) in [6, 6.07) is 6.09. The zero-order chi connectivity index (χ0) is 28.2. The lowest BCUT2D eigenvalue weighted by molar-refractivity contribution is -0.122. The van der Waals surface area contributed by atoms with Crippen LogP contribution in [0.15, 0.2) is 24.3 Å². The Balaban J connectivity index is 2.41. The topological polar surface area (TPSA) is 223 Å². The first-order chi connectivity index (χ1) is 17.9. The molecule has 0 aliphatic carbocycles. The molecule has 9 N–H and O–H groups in total. The smallest absolute Gasteiger partial charge is 0.335 e. The molecule has 0 radical (unpaired) electrons. The van der Waals surface area contributed by atoms with Gasteiger partial charge < -0.3 is 28.0 Å². The molecule has 1 atom stereocenters. The van der Waals surface area contributed by atoms with Crippen LogP contribution in [0.2, 0.25) is 0 Å². The molecule has 38 heavy (non-hydrogen) atoms. The number of carbonyl (C=O) groups excluding carboxylic acids is 4. The lowest BCUT2D eigenvalue weighted by atomic mass is 10.0. The molecule has 1 aromatic rings. The van der Waals surface area contributed by atoms with E-state index >= 15 is 0 Å². The molecular formula is C24H38N8O6. The number of aromatic carboxylic acids is 1. The number of carbonyl (C=O) groups is 5. The van der Waals surface area contributed by atoms with Crippen LogP contribution in [0, 0.1) is 0 Å². The molecule has 1 fully saturated rings. The highest BCUT2D eigenvalue weighted by Crippen LogP contribution is 2.14. The highest BCUT2D eigenvalue weighted by molar-refractivity contribution is 5.87. The van der Waals surface area contributed by atoms with Gasteiger partial charge in [0.25, 0.3) is 0 Å². The number of carboxylic acids is 1. The highest BCUT2D eigenvalue weighted by atomic mass is 16.4. The molecule has 1 heterocycles. The summed E-state index contributed by atoms with van der Waals surface area (Å²) in [6.07, 6.45) is 0.420. The third-order valence-corrected chi connectivity index (χ3v) is 6.32. The van der Waals surface area contributed by atoms with Crippen LogP contribution in [0.3, 0.4) is 0 Å². The molecule has 4 amide bonds. The van der Waals surface area contributed by atoms with Crippen LogP contribution in [0.25, 0.3) is 0 Å². The third-order valence-electron chi connectivity index (χ3n) is 6.32. The van der Waals surface area contributed by atoms with Gasteiger partial charge in [-0.25, -0.2) is 4.79 Å². The molecule has 2 rings (SSSR count). The summed E-state index contributed by atoms with van der Waals surface area (Å²) < 4.78 is 0. The minimum absolute atomic E-state index is 0.00196. The molecule has 1 saturated heterocycles. The van der Waals surface area contributed by atoms with Crippen LogP contribution < -0.4 is 22.9 Å². The van der Waals surface area contributed by atoms with Crippen LogP contribution in [0.4, 0.5) is 0 Å². The molecule has 210 valence electrons. The number of nitrogens with zero attached hydrogens (tertiary/aromatic N) is 4. The maximum Gasteiger partial charge on any atom is 0.335 e. The van der Waals surface area contributed by atoms with Crippen LogP contribution >= 0.6 is 0 Å². The number of nitrogens with two attached hydrogens (primary N) is 4. The van der Waals surface area contributed by atoms with Gasteiger partial charge in [-0.3, -0.25) is 38.8 Å². The molecular weight excluding hydrogens is 496 g/mol. The number of benzene rings is 1. The van der Waals surface area contributed by atoms with E-state index in [1.165, 1.54) is 12.1 Å². The normalized spacial score (nSPS) is 19.2. The second-order valence-electron chi connectivity index (χ2n) is 9.48. The van der Waals surface area contributed by atoms with Crippen LogP contribution in [-0.2, 0) is 25.6 Å². The Hall–Kier alpha value is -3.59. The predicted octanol–water partition coefficient (Wildman–Crippen LogP) is -3.54. The van der Waals surface area contributed by atoms with Crippen molar-refractivity contribution in [2.45, 2.75) is 12.5 Å². The first kappa shape index (κ1) is 30.6. The molecule has 1 aliphatic heterocycles. The monoisotopic (exact) mass is 534 g/mol. The van der Waals surface area contributed by atoms with Crippen molar-refractivity contribution in [3.05, 3.63) is 35.4 Å². The largest absolute Gasteiger partial charge is 0.478 e. The number of carboxylic acid groups (broad SMARTS) is 1. The Labute approximate surface area is 221 Å². The van der Waals surface area contributed by atoms with Crippen LogP contribution in [0.1, 0.15) is 15.9 Å². The fraction of sp³-hybridized carbons (Fsp3) is 0.542.